The molecule has 4 atom stereocenters. The summed E-state index contributed by atoms with van der Waals surface area (Å²) in [6.07, 6.45) is 3.80. The zero-order chi connectivity index (χ0) is 22.4. The van der Waals surface area contributed by atoms with E-state index in [1.54, 1.807) is 12.0 Å². The Morgan fingerprint density at radius 1 is 1.23 bits per heavy atom. The Bertz CT molecular complexity index is 837. The van der Waals surface area contributed by atoms with Gasteiger partial charge >= 0.3 is 0 Å². The van der Waals surface area contributed by atoms with Crippen molar-refractivity contribution in [2.75, 3.05) is 45.7 Å². The van der Waals surface area contributed by atoms with Crippen molar-refractivity contribution in [1.29, 1.82) is 0 Å². The van der Waals surface area contributed by atoms with Crippen LogP contribution in [-0.2, 0) is 14.3 Å². The van der Waals surface area contributed by atoms with Gasteiger partial charge in [-0.05, 0) is 56.2 Å². The van der Waals surface area contributed by atoms with Crippen LogP contribution in [0.25, 0.3) is 0 Å². The molecule has 2 saturated carbocycles. The first-order valence-electron chi connectivity index (χ1n) is 11.3. The van der Waals surface area contributed by atoms with Gasteiger partial charge in [0, 0.05) is 26.9 Å². The lowest BCUT2D eigenvalue weighted by Gasteiger charge is -2.52. The van der Waals surface area contributed by atoms with Gasteiger partial charge in [-0.1, -0.05) is 12.1 Å². The molecule has 0 radical (unpaired) electrons. The van der Waals surface area contributed by atoms with Gasteiger partial charge < -0.3 is 19.9 Å². The van der Waals surface area contributed by atoms with E-state index < -0.39 is 5.67 Å². The van der Waals surface area contributed by atoms with Gasteiger partial charge in [-0.3, -0.25) is 9.59 Å². The van der Waals surface area contributed by atoms with Crippen molar-refractivity contribution in [1.82, 2.24) is 10.2 Å². The van der Waals surface area contributed by atoms with Crippen molar-refractivity contribution in [3.8, 4) is 0 Å². The second-order valence-electron chi connectivity index (χ2n) is 9.85. The van der Waals surface area contributed by atoms with Crippen LogP contribution in [-0.4, -0.2) is 69.3 Å². The molecule has 1 aromatic carbocycles. The summed E-state index contributed by atoms with van der Waals surface area (Å²) >= 11 is 0. The number of hydrogen-bond acceptors (Lipinski definition) is 4. The van der Waals surface area contributed by atoms with Crippen LogP contribution in [0.15, 0.2) is 24.3 Å². The molecule has 2 amide bonds. The fraction of sp³-hybridized carbons (Fsp3) is 0.667. The number of nitrogens with zero attached hydrogens (tertiary/aromatic N) is 2. The maximum Gasteiger partial charge on any atom is 0.229 e. The minimum atomic E-state index is -1.55. The first-order chi connectivity index (χ1) is 14.7. The number of nitrogens with one attached hydrogen (secondary N) is 1. The Balaban J connectivity index is 1.27. The average molecular weight is 432 g/mol. The first-order valence-corrected chi connectivity index (χ1v) is 11.3. The van der Waals surface area contributed by atoms with Gasteiger partial charge in [-0.15, -0.1) is 0 Å². The average Bonchev–Trinajstić information content (AvgIpc) is 2.98. The summed E-state index contributed by atoms with van der Waals surface area (Å²) in [5.41, 5.74) is 0.0732. The molecular weight excluding hydrogens is 397 g/mol. The third-order valence-electron chi connectivity index (χ3n) is 7.78. The maximum atomic E-state index is 15.1. The first kappa shape index (κ1) is 22.1. The third-order valence-corrected chi connectivity index (χ3v) is 7.78. The molecule has 6 nitrogen and oxygen atoms in total. The monoisotopic (exact) mass is 431 g/mol. The van der Waals surface area contributed by atoms with Gasteiger partial charge in [0.1, 0.15) is 0 Å². The number of anilines is 1. The van der Waals surface area contributed by atoms with E-state index in [0.29, 0.717) is 0 Å². The molecule has 2 aliphatic carbocycles. The third kappa shape index (κ3) is 3.81. The zero-order valence-corrected chi connectivity index (χ0v) is 19.0. The van der Waals surface area contributed by atoms with Gasteiger partial charge in [-0.25, -0.2) is 4.39 Å². The molecule has 0 spiro atoms. The predicted octanol–water partition coefficient (Wildman–Crippen LogP) is 2.73. The van der Waals surface area contributed by atoms with Crippen molar-refractivity contribution in [2.45, 2.75) is 50.3 Å². The number of methoxy groups -OCH3 is 1. The fourth-order valence-corrected chi connectivity index (χ4v) is 5.59. The van der Waals surface area contributed by atoms with Crippen LogP contribution >= 0.6 is 0 Å². The Morgan fingerprint density at radius 3 is 2.42 bits per heavy atom. The van der Waals surface area contributed by atoms with Gasteiger partial charge in [0.15, 0.2) is 5.67 Å². The molecule has 1 aliphatic heterocycles. The van der Waals surface area contributed by atoms with E-state index in [1.807, 2.05) is 50.2 Å². The number of hydrogen-bond donors (Lipinski definition) is 1. The molecule has 1 unspecified atom stereocenters. The standard InChI is InChI=1S/C24H34FN3O3/c1-16(17-5-7-18(8-6-17)27(2)3)21(29)26-13-23(25)14-28(15-23)22(30)24-11-9-19(24)20(31-4)10-12-24/h5-8,16,19-20H,9-15H2,1-4H3,(H,26,29)/t16?,19-,20+,24-/m0/s1. The van der Waals surface area contributed by atoms with Crippen molar-refractivity contribution in [2.24, 2.45) is 11.3 Å². The van der Waals surface area contributed by atoms with Crippen LogP contribution in [0.2, 0.25) is 0 Å². The molecule has 170 valence electrons. The number of benzene rings is 1. The summed E-state index contributed by atoms with van der Waals surface area (Å²) in [6.45, 7) is 1.88. The maximum absolute atomic E-state index is 15.1. The largest absolute Gasteiger partial charge is 0.381 e. The molecule has 4 rings (SSSR count). The molecule has 7 heteroatoms. The second-order valence-corrected chi connectivity index (χ2v) is 9.85. The lowest BCUT2D eigenvalue weighted by molar-refractivity contribution is -0.168. The van der Waals surface area contributed by atoms with E-state index in [4.69, 9.17) is 4.74 Å². The van der Waals surface area contributed by atoms with Gasteiger partial charge in [-0.2, -0.15) is 0 Å². The zero-order valence-electron chi connectivity index (χ0n) is 19.0. The highest BCUT2D eigenvalue weighted by Crippen LogP contribution is 2.59. The Morgan fingerprint density at radius 2 is 1.87 bits per heavy atom. The Hall–Kier alpha value is -2.15. The quantitative estimate of drug-likeness (QED) is 0.721. The molecule has 0 bridgehead atoms. The molecule has 1 aromatic rings. The van der Waals surface area contributed by atoms with Crippen LogP contribution in [0.1, 0.15) is 44.1 Å². The van der Waals surface area contributed by atoms with Crippen LogP contribution in [0, 0.1) is 11.3 Å². The topological polar surface area (TPSA) is 61.9 Å². The highest BCUT2D eigenvalue weighted by atomic mass is 19.1. The molecule has 3 fully saturated rings. The Kier molecular flexibility index (Phi) is 5.75. The normalized spacial score (nSPS) is 29.4. The summed E-state index contributed by atoms with van der Waals surface area (Å²) in [7, 11) is 5.64. The summed E-state index contributed by atoms with van der Waals surface area (Å²) in [5.74, 6) is -0.205. The van der Waals surface area contributed by atoms with E-state index >= 15 is 4.39 Å². The number of halogens is 1. The summed E-state index contributed by atoms with van der Waals surface area (Å²) < 4.78 is 20.7. The van der Waals surface area contributed by atoms with Crippen LogP contribution in [0.3, 0.4) is 0 Å². The fourth-order valence-electron chi connectivity index (χ4n) is 5.59. The highest BCUT2D eigenvalue weighted by molar-refractivity contribution is 5.86. The predicted molar refractivity (Wildman–Crippen MR) is 118 cm³/mol. The molecular formula is C24H34FN3O3. The minimum absolute atomic E-state index is 0.0597. The van der Waals surface area contributed by atoms with Crippen molar-refractivity contribution >= 4 is 17.5 Å². The van der Waals surface area contributed by atoms with Crippen LogP contribution in [0.4, 0.5) is 10.1 Å². The number of alkyl halides is 1. The van der Waals surface area contributed by atoms with Crippen molar-refractivity contribution < 1.29 is 18.7 Å². The van der Waals surface area contributed by atoms with Gasteiger partial charge in [0.05, 0.1) is 37.1 Å². The number of carbonyl (C=O) groups is 2. The van der Waals surface area contributed by atoms with Gasteiger partial charge in [0.2, 0.25) is 11.8 Å². The number of amides is 2. The molecule has 0 aromatic heterocycles. The van der Waals surface area contributed by atoms with E-state index in [2.05, 4.69) is 5.32 Å². The lowest BCUT2D eigenvalue weighted by Crippen LogP contribution is -2.68. The Labute approximate surface area is 184 Å². The number of carbonyl (C=O) groups excluding carboxylic acids is 2. The number of likely N-dealkylation sites (tertiary alicyclic amines) is 1. The van der Waals surface area contributed by atoms with E-state index in [-0.39, 0.29) is 54.8 Å². The van der Waals surface area contributed by atoms with E-state index in [0.717, 1.165) is 36.9 Å². The molecule has 1 heterocycles. The van der Waals surface area contributed by atoms with Crippen molar-refractivity contribution in [3.05, 3.63) is 29.8 Å². The summed E-state index contributed by atoms with van der Waals surface area (Å²) in [6, 6.07) is 7.79. The number of rotatable bonds is 7. The minimum Gasteiger partial charge on any atom is -0.381 e. The smallest absolute Gasteiger partial charge is 0.229 e. The van der Waals surface area contributed by atoms with Crippen molar-refractivity contribution in [3.63, 3.8) is 0 Å². The number of fused-ring (bicyclic) bond motifs is 1. The summed E-state index contributed by atoms with van der Waals surface area (Å²) in [4.78, 5) is 29.3. The number of ether oxygens (including phenoxy) is 1. The van der Waals surface area contributed by atoms with Crippen LogP contribution in [0.5, 0.6) is 0 Å². The van der Waals surface area contributed by atoms with E-state index in [9.17, 15) is 9.59 Å². The molecule has 1 saturated heterocycles. The second kappa shape index (κ2) is 8.08. The van der Waals surface area contributed by atoms with E-state index in [1.165, 1.54) is 0 Å². The van der Waals surface area contributed by atoms with Gasteiger partial charge in [0.25, 0.3) is 0 Å². The molecule has 1 N–H and O–H groups in total. The highest BCUT2D eigenvalue weighted by Gasteiger charge is 2.62. The summed E-state index contributed by atoms with van der Waals surface area (Å²) in [5, 5.41) is 2.76. The van der Waals surface area contributed by atoms with Crippen LogP contribution < -0.4 is 10.2 Å². The molecule has 31 heavy (non-hydrogen) atoms. The SMILES string of the molecule is CO[C@@H]1CC[C@@]2(C(=O)N3CC(F)(CNC(=O)C(C)c4ccc(N(C)C)cc4)C3)CC[C@@H]12. The molecule has 3 aliphatic rings. The lowest BCUT2D eigenvalue weighted by atomic mass is 9.60.